The fraction of sp³-hybridized carbons (Fsp3) is 0.120. The fourth-order valence-corrected chi connectivity index (χ4v) is 3.50. The smallest absolute Gasteiger partial charge is 0.251 e. The molecule has 1 aliphatic rings. The van der Waals surface area contributed by atoms with Gasteiger partial charge in [-0.1, -0.05) is 17.7 Å². The van der Waals surface area contributed by atoms with E-state index in [0.29, 0.717) is 22.9 Å². The van der Waals surface area contributed by atoms with Gasteiger partial charge >= 0.3 is 0 Å². The summed E-state index contributed by atoms with van der Waals surface area (Å²) in [4.78, 5) is 31.1. The third kappa shape index (κ3) is 5.07. The number of aryl methyl sites for hydroxylation is 1. The molecule has 0 spiro atoms. The van der Waals surface area contributed by atoms with Crippen LogP contribution in [0.2, 0.25) is 0 Å². The minimum Gasteiger partial charge on any atom is -0.497 e. The lowest BCUT2D eigenvalue weighted by Gasteiger charge is -2.30. The zero-order valence-corrected chi connectivity index (χ0v) is 18.8. The maximum atomic E-state index is 13.0. The number of amides is 2. The zero-order chi connectivity index (χ0) is 23.4. The van der Waals surface area contributed by atoms with Gasteiger partial charge in [-0.15, -0.1) is 0 Å². The number of nitrogens with zero attached hydrogens (tertiary/aromatic N) is 2. The molecule has 0 bridgehead atoms. The van der Waals surface area contributed by atoms with Gasteiger partial charge in [0.1, 0.15) is 17.2 Å². The summed E-state index contributed by atoms with van der Waals surface area (Å²) in [6.07, 6.45) is 1.33. The van der Waals surface area contributed by atoms with Crippen LogP contribution in [0.25, 0.3) is 0 Å². The lowest BCUT2D eigenvalue weighted by Crippen LogP contribution is -2.58. The Hall–Kier alpha value is -4.04. The van der Waals surface area contributed by atoms with Gasteiger partial charge < -0.3 is 14.8 Å². The number of benzene rings is 3. The van der Waals surface area contributed by atoms with Gasteiger partial charge in [-0.3, -0.25) is 19.5 Å². The van der Waals surface area contributed by atoms with Crippen molar-refractivity contribution in [2.45, 2.75) is 6.92 Å². The molecule has 1 saturated heterocycles. The molecule has 0 aromatic heterocycles. The van der Waals surface area contributed by atoms with Crippen LogP contribution in [0.4, 0.5) is 11.4 Å². The van der Waals surface area contributed by atoms with Crippen LogP contribution in [0, 0.1) is 12.8 Å². The van der Waals surface area contributed by atoms with Crippen LogP contribution in [0.3, 0.4) is 0 Å². The van der Waals surface area contributed by atoms with Crippen molar-refractivity contribution in [3.63, 3.8) is 0 Å². The van der Waals surface area contributed by atoms with E-state index >= 15 is 0 Å². The Morgan fingerprint density at radius 2 is 1.48 bits per heavy atom. The standard InChI is InChI=1S/C25H21N3O4S/c1-16-3-7-18(8-4-16)28-24(30)22(23(29)27-25(28)33)15-26-17-5-9-20(10-6-17)32-21-13-11-19(31-2)12-14-21/h3-15,22H,1-2H3,(H,27,29,33). The molecule has 33 heavy (non-hydrogen) atoms. The number of rotatable bonds is 6. The van der Waals surface area contributed by atoms with Crippen molar-refractivity contribution in [3.8, 4) is 17.2 Å². The Labute approximate surface area is 196 Å². The van der Waals surface area contributed by atoms with Crippen LogP contribution in [-0.4, -0.2) is 30.3 Å². The van der Waals surface area contributed by atoms with Crippen molar-refractivity contribution in [2.75, 3.05) is 12.0 Å². The molecule has 4 rings (SSSR count). The zero-order valence-electron chi connectivity index (χ0n) is 18.0. The molecule has 1 fully saturated rings. The number of carbonyl (C=O) groups excluding carboxylic acids is 2. The van der Waals surface area contributed by atoms with Crippen molar-refractivity contribution in [2.24, 2.45) is 10.9 Å². The number of hydrogen-bond donors (Lipinski definition) is 1. The Morgan fingerprint density at radius 3 is 2.09 bits per heavy atom. The Bertz CT molecular complexity index is 1210. The predicted molar refractivity (Wildman–Crippen MR) is 131 cm³/mol. The molecule has 1 aliphatic heterocycles. The van der Waals surface area contributed by atoms with E-state index < -0.39 is 17.7 Å². The minimum absolute atomic E-state index is 0.0542. The first-order valence-corrected chi connectivity index (χ1v) is 10.6. The van der Waals surface area contributed by atoms with Crippen molar-refractivity contribution in [1.29, 1.82) is 0 Å². The van der Waals surface area contributed by atoms with Crippen LogP contribution in [-0.2, 0) is 9.59 Å². The molecule has 0 radical (unpaired) electrons. The Kier molecular flexibility index (Phi) is 6.46. The van der Waals surface area contributed by atoms with Crippen LogP contribution in [0.1, 0.15) is 5.56 Å². The van der Waals surface area contributed by atoms with Gasteiger partial charge in [0.05, 0.1) is 18.5 Å². The summed E-state index contributed by atoms with van der Waals surface area (Å²) in [7, 11) is 1.61. The van der Waals surface area contributed by atoms with E-state index in [2.05, 4.69) is 10.3 Å². The third-order valence-electron chi connectivity index (χ3n) is 5.00. The molecule has 2 amide bonds. The second-order valence-electron chi connectivity index (χ2n) is 7.33. The first kappa shape index (κ1) is 22.2. The monoisotopic (exact) mass is 459 g/mol. The topological polar surface area (TPSA) is 80.2 Å². The van der Waals surface area contributed by atoms with Gasteiger partial charge in [0.2, 0.25) is 5.91 Å². The van der Waals surface area contributed by atoms with E-state index in [1.165, 1.54) is 11.1 Å². The second kappa shape index (κ2) is 9.62. The molecule has 1 heterocycles. The molecular weight excluding hydrogens is 438 g/mol. The third-order valence-corrected chi connectivity index (χ3v) is 5.28. The van der Waals surface area contributed by atoms with Gasteiger partial charge in [0, 0.05) is 6.21 Å². The van der Waals surface area contributed by atoms with Gasteiger partial charge in [-0.25, -0.2) is 0 Å². The number of aliphatic imine (C=N–C) groups is 1. The molecule has 1 N–H and O–H groups in total. The second-order valence-corrected chi connectivity index (χ2v) is 7.72. The number of anilines is 1. The lowest BCUT2D eigenvalue weighted by molar-refractivity contribution is -0.130. The van der Waals surface area contributed by atoms with Crippen molar-refractivity contribution in [3.05, 3.63) is 78.4 Å². The van der Waals surface area contributed by atoms with Crippen molar-refractivity contribution < 1.29 is 19.1 Å². The van der Waals surface area contributed by atoms with Crippen LogP contribution in [0.5, 0.6) is 17.2 Å². The molecule has 3 aromatic carbocycles. The van der Waals surface area contributed by atoms with E-state index in [-0.39, 0.29) is 5.11 Å². The highest BCUT2D eigenvalue weighted by Crippen LogP contribution is 2.26. The SMILES string of the molecule is COc1ccc(Oc2ccc(N=CC3C(=O)NC(=S)N(c4ccc(C)cc4)C3=O)cc2)cc1. The van der Waals surface area contributed by atoms with E-state index in [1.807, 2.05) is 43.3 Å². The first-order chi connectivity index (χ1) is 15.9. The molecule has 166 valence electrons. The van der Waals surface area contributed by atoms with E-state index in [4.69, 9.17) is 21.7 Å². The van der Waals surface area contributed by atoms with Crippen molar-refractivity contribution >= 4 is 46.7 Å². The predicted octanol–water partition coefficient (Wildman–Crippen LogP) is 4.56. The maximum absolute atomic E-state index is 13.0. The van der Waals surface area contributed by atoms with Gasteiger partial charge in [-0.2, -0.15) is 0 Å². The summed E-state index contributed by atoms with van der Waals surface area (Å²) in [6.45, 7) is 1.95. The molecule has 3 aromatic rings. The van der Waals surface area contributed by atoms with E-state index in [1.54, 1.807) is 43.5 Å². The first-order valence-electron chi connectivity index (χ1n) is 10.2. The van der Waals surface area contributed by atoms with Gasteiger partial charge in [0.15, 0.2) is 11.0 Å². The summed E-state index contributed by atoms with van der Waals surface area (Å²) >= 11 is 5.22. The maximum Gasteiger partial charge on any atom is 0.251 e. The molecular formula is C25H21N3O4S. The summed E-state index contributed by atoms with van der Waals surface area (Å²) in [5, 5.41) is 2.64. The average Bonchev–Trinajstić information content (AvgIpc) is 2.81. The summed E-state index contributed by atoms with van der Waals surface area (Å²) < 4.78 is 10.9. The number of nitrogens with one attached hydrogen (secondary N) is 1. The molecule has 7 nitrogen and oxygen atoms in total. The van der Waals surface area contributed by atoms with Crippen molar-refractivity contribution in [1.82, 2.24) is 5.32 Å². The lowest BCUT2D eigenvalue weighted by atomic mass is 10.1. The van der Waals surface area contributed by atoms with Gasteiger partial charge in [0.25, 0.3) is 5.91 Å². The number of hydrogen-bond acceptors (Lipinski definition) is 6. The largest absolute Gasteiger partial charge is 0.497 e. The average molecular weight is 460 g/mol. The molecule has 8 heteroatoms. The van der Waals surface area contributed by atoms with Gasteiger partial charge in [-0.05, 0) is 79.8 Å². The molecule has 0 saturated carbocycles. The molecule has 1 unspecified atom stereocenters. The van der Waals surface area contributed by atoms with Crippen LogP contribution >= 0.6 is 12.2 Å². The number of methoxy groups -OCH3 is 1. The molecule has 0 aliphatic carbocycles. The van der Waals surface area contributed by atoms with E-state index in [9.17, 15) is 9.59 Å². The number of carbonyl (C=O) groups is 2. The quantitative estimate of drug-likeness (QED) is 0.332. The fourth-order valence-electron chi connectivity index (χ4n) is 3.20. The number of thiocarbonyl (C=S) groups is 1. The highest BCUT2D eigenvalue weighted by molar-refractivity contribution is 7.80. The normalized spacial score (nSPS) is 16.1. The van der Waals surface area contributed by atoms with Crippen LogP contribution < -0.4 is 19.7 Å². The summed E-state index contributed by atoms with van der Waals surface area (Å²) in [6, 6.07) is 21.6. The highest BCUT2D eigenvalue weighted by Gasteiger charge is 2.38. The highest BCUT2D eigenvalue weighted by atomic mass is 32.1. The minimum atomic E-state index is -1.09. The Balaban J connectivity index is 1.46. The number of ether oxygens (including phenoxy) is 2. The molecule has 1 atom stereocenters. The Morgan fingerprint density at radius 1 is 0.909 bits per heavy atom. The van der Waals surface area contributed by atoms with E-state index in [0.717, 1.165) is 11.3 Å². The van der Waals surface area contributed by atoms with Crippen LogP contribution in [0.15, 0.2) is 77.8 Å². The summed E-state index contributed by atoms with van der Waals surface area (Å²) in [5.41, 5.74) is 2.22. The summed E-state index contributed by atoms with van der Waals surface area (Å²) in [5.74, 6) is 0.000776.